The minimum atomic E-state index is -1.51. The number of rotatable bonds is 11. The van der Waals surface area contributed by atoms with Crippen molar-refractivity contribution in [1.29, 1.82) is 0 Å². The van der Waals surface area contributed by atoms with Gasteiger partial charge in [0.25, 0.3) is 0 Å². The molecule has 0 saturated carbocycles. The molecule has 4 rings (SSSR count). The number of ether oxygens (including phenoxy) is 1. The predicted molar refractivity (Wildman–Crippen MR) is 166 cm³/mol. The van der Waals surface area contributed by atoms with Crippen molar-refractivity contribution in [3.05, 3.63) is 89.3 Å². The Morgan fingerprint density at radius 3 is 1.66 bits per heavy atom. The number of aromatic carboxylic acids is 1. The van der Waals surface area contributed by atoms with Crippen molar-refractivity contribution in [3.8, 4) is 11.5 Å². The molecule has 0 aliphatic carbocycles. The van der Waals surface area contributed by atoms with E-state index in [1.165, 1.54) is 6.07 Å². The van der Waals surface area contributed by atoms with Crippen molar-refractivity contribution >= 4 is 43.8 Å². The van der Waals surface area contributed by atoms with Crippen molar-refractivity contribution in [3.63, 3.8) is 0 Å². The van der Waals surface area contributed by atoms with E-state index in [0.29, 0.717) is 62.4 Å². The molecule has 8 heteroatoms. The van der Waals surface area contributed by atoms with Gasteiger partial charge in [0, 0.05) is 16.7 Å². The van der Waals surface area contributed by atoms with Crippen LogP contribution in [0.2, 0.25) is 0 Å². The second kappa shape index (κ2) is 12.6. The first kappa shape index (κ1) is 31.1. The van der Waals surface area contributed by atoms with Crippen LogP contribution in [0.25, 0.3) is 0 Å². The highest BCUT2D eigenvalue weighted by molar-refractivity contribution is 9.11. The number of esters is 1. The second-order valence-corrected chi connectivity index (χ2v) is 12.1. The average Bonchev–Trinajstić information content (AvgIpc) is 3.25. The van der Waals surface area contributed by atoms with Crippen LogP contribution in [0.1, 0.15) is 113 Å². The fraction of sp³-hybridized carbons (Fsp3) is 0.394. The summed E-state index contributed by atoms with van der Waals surface area (Å²) in [6.07, 6.45) is 5.42. The Morgan fingerprint density at radius 1 is 0.780 bits per heavy atom. The highest BCUT2D eigenvalue weighted by Gasteiger charge is 2.53. The predicted octanol–water partition coefficient (Wildman–Crippen LogP) is 8.59. The Hall–Kier alpha value is -2.84. The lowest BCUT2D eigenvalue weighted by Gasteiger charge is -2.36. The number of aromatic hydroxyl groups is 2. The van der Waals surface area contributed by atoms with E-state index in [2.05, 4.69) is 31.9 Å². The van der Waals surface area contributed by atoms with Gasteiger partial charge in [-0.3, -0.25) is 0 Å². The molecule has 0 amide bonds. The maximum absolute atomic E-state index is 13.8. The molecule has 3 N–H and O–H groups in total. The monoisotopic (exact) mass is 686 g/mol. The van der Waals surface area contributed by atoms with Gasteiger partial charge >= 0.3 is 11.9 Å². The Bertz CT molecular complexity index is 1440. The van der Waals surface area contributed by atoms with Crippen LogP contribution in [-0.2, 0) is 36.0 Å². The van der Waals surface area contributed by atoms with Gasteiger partial charge in [0.1, 0.15) is 11.5 Å². The fourth-order valence-corrected chi connectivity index (χ4v) is 7.37. The summed E-state index contributed by atoms with van der Waals surface area (Å²) in [5, 5.41) is 32.4. The van der Waals surface area contributed by atoms with Crippen LogP contribution in [0.3, 0.4) is 0 Å². The third-order valence-electron chi connectivity index (χ3n) is 7.76. The lowest BCUT2D eigenvalue weighted by atomic mass is 9.73. The topological polar surface area (TPSA) is 104 Å². The molecule has 3 aromatic rings. The lowest BCUT2D eigenvalue weighted by Crippen LogP contribution is -2.33. The molecule has 3 aromatic carbocycles. The van der Waals surface area contributed by atoms with Crippen LogP contribution in [0.15, 0.2) is 39.3 Å². The molecule has 0 aromatic heterocycles. The Balaban J connectivity index is 2.29. The zero-order valence-corrected chi connectivity index (χ0v) is 27.0. The van der Waals surface area contributed by atoms with Gasteiger partial charge in [0.2, 0.25) is 0 Å². The third-order valence-corrected chi connectivity index (χ3v) is 9.47. The van der Waals surface area contributed by atoms with Gasteiger partial charge < -0.3 is 20.1 Å². The van der Waals surface area contributed by atoms with Crippen LogP contribution in [0, 0.1) is 0 Å². The van der Waals surface area contributed by atoms with Crippen molar-refractivity contribution in [1.82, 2.24) is 0 Å². The molecule has 1 heterocycles. The number of hydrogen-bond acceptors (Lipinski definition) is 5. The first-order valence-corrected chi connectivity index (χ1v) is 15.8. The number of carbonyl (C=O) groups excluding carboxylic acids is 1. The van der Waals surface area contributed by atoms with E-state index < -0.39 is 17.5 Å². The van der Waals surface area contributed by atoms with E-state index in [-0.39, 0.29) is 22.6 Å². The van der Waals surface area contributed by atoms with E-state index in [1.54, 1.807) is 12.1 Å². The summed E-state index contributed by atoms with van der Waals surface area (Å²) in [6.45, 7) is 8.13. The first-order chi connectivity index (χ1) is 19.6. The number of phenols is 2. The number of fused-ring (bicyclic) bond motifs is 1. The lowest BCUT2D eigenvalue weighted by molar-refractivity contribution is 0.0243. The number of hydrogen-bond donors (Lipinski definition) is 3. The number of carboxylic acids is 1. The van der Waals surface area contributed by atoms with E-state index in [4.69, 9.17) is 4.74 Å². The van der Waals surface area contributed by atoms with Crippen LogP contribution < -0.4 is 0 Å². The number of halogens is 2. The first-order valence-electron chi connectivity index (χ1n) is 14.3. The Labute approximate surface area is 258 Å². The van der Waals surface area contributed by atoms with Crippen LogP contribution >= 0.6 is 31.9 Å². The molecule has 1 aliphatic rings. The molecule has 6 nitrogen and oxygen atoms in total. The zero-order chi connectivity index (χ0) is 30.1. The molecular weight excluding hydrogens is 652 g/mol. The van der Waals surface area contributed by atoms with E-state index >= 15 is 0 Å². The highest BCUT2D eigenvalue weighted by Crippen LogP contribution is 2.54. The van der Waals surface area contributed by atoms with E-state index in [9.17, 15) is 24.9 Å². The minimum Gasteiger partial charge on any atom is -0.506 e. The average molecular weight is 688 g/mol. The molecule has 41 heavy (non-hydrogen) atoms. The standard InChI is InChI=1S/C33H36Br2O6/c1-5-10-18-16-24(20(12-7-3)27(34)29(18)36)33(23-15-9-14-22(31(38)39)26(23)32(40)41-33)25-17-19(11-6-2)30(37)28(35)21(25)13-8-4/h9,14-17,36-37H,5-8,10-13H2,1-4H3,(H,38,39). The quantitative estimate of drug-likeness (QED) is 0.175. The Morgan fingerprint density at radius 2 is 1.24 bits per heavy atom. The number of phenolic OH excluding ortho intramolecular Hbond substituents is 2. The van der Waals surface area contributed by atoms with E-state index in [1.807, 2.05) is 39.8 Å². The molecule has 218 valence electrons. The maximum atomic E-state index is 13.8. The Kier molecular flexibility index (Phi) is 9.54. The van der Waals surface area contributed by atoms with E-state index in [0.717, 1.165) is 36.8 Å². The normalized spacial score (nSPS) is 13.8. The summed E-state index contributed by atoms with van der Waals surface area (Å²) >= 11 is 7.34. The molecule has 0 radical (unpaired) electrons. The summed E-state index contributed by atoms with van der Waals surface area (Å²) in [5.41, 5.74) is 3.17. The smallest absolute Gasteiger partial charge is 0.341 e. The van der Waals surface area contributed by atoms with Crippen molar-refractivity contribution in [2.75, 3.05) is 0 Å². The summed E-state index contributed by atoms with van der Waals surface area (Å²) in [4.78, 5) is 26.1. The highest BCUT2D eigenvalue weighted by atomic mass is 79.9. The molecule has 0 bridgehead atoms. The van der Waals surface area contributed by atoms with Gasteiger partial charge in [-0.05, 0) is 98.0 Å². The van der Waals surface area contributed by atoms with Crippen molar-refractivity contribution < 1.29 is 29.6 Å². The largest absolute Gasteiger partial charge is 0.506 e. The maximum Gasteiger partial charge on any atom is 0.341 e. The van der Waals surface area contributed by atoms with Gasteiger partial charge in [0.15, 0.2) is 5.60 Å². The third kappa shape index (κ3) is 5.18. The van der Waals surface area contributed by atoms with Gasteiger partial charge in [-0.1, -0.05) is 65.5 Å². The number of aryl methyl sites for hydroxylation is 2. The van der Waals surface area contributed by atoms with Crippen LogP contribution in [0.4, 0.5) is 0 Å². The molecule has 0 atom stereocenters. The van der Waals surface area contributed by atoms with Crippen LogP contribution in [0.5, 0.6) is 11.5 Å². The van der Waals surface area contributed by atoms with Crippen LogP contribution in [-0.4, -0.2) is 27.3 Å². The van der Waals surface area contributed by atoms with Gasteiger partial charge in [0.05, 0.1) is 20.1 Å². The zero-order valence-electron chi connectivity index (χ0n) is 23.9. The number of carbonyl (C=O) groups is 2. The molecule has 0 unspecified atom stereocenters. The fourth-order valence-electron chi connectivity index (χ4n) is 6.03. The molecule has 0 fully saturated rings. The summed E-state index contributed by atoms with van der Waals surface area (Å²) in [5.74, 6) is -1.62. The summed E-state index contributed by atoms with van der Waals surface area (Å²) in [6, 6.07) is 8.66. The van der Waals surface area contributed by atoms with Crippen molar-refractivity contribution in [2.45, 2.75) is 84.7 Å². The molecular formula is C33H36Br2O6. The number of cyclic esters (lactones) is 1. The number of carboxylic acid groups (broad SMARTS) is 1. The van der Waals surface area contributed by atoms with Gasteiger partial charge in [-0.2, -0.15) is 0 Å². The van der Waals surface area contributed by atoms with Gasteiger partial charge in [-0.25, -0.2) is 9.59 Å². The molecule has 1 aliphatic heterocycles. The van der Waals surface area contributed by atoms with Gasteiger partial charge in [-0.15, -0.1) is 0 Å². The number of benzene rings is 3. The molecule has 0 saturated heterocycles. The van der Waals surface area contributed by atoms with Crippen molar-refractivity contribution in [2.24, 2.45) is 0 Å². The summed E-state index contributed by atoms with van der Waals surface area (Å²) in [7, 11) is 0. The summed E-state index contributed by atoms with van der Waals surface area (Å²) < 4.78 is 7.59. The SMILES string of the molecule is CCCc1cc(C2(c3cc(CCC)c(O)c(Br)c3CCC)OC(=O)c3c(C(=O)O)cccc32)c(CCC)c(Br)c1O. The molecule has 0 spiro atoms. The second-order valence-electron chi connectivity index (χ2n) is 10.6. The minimum absolute atomic E-state index is 0.0207.